The van der Waals surface area contributed by atoms with Crippen molar-refractivity contribution in [2.75, 3.05) is 0 Å². The highest BCUT2D eigenvalue weighted by atomic mass is 19.1. The Morgan fingerprint density at radius 1 is 1.22 bits per heavy atom. The predicted molar refractivity (Wildman–Crippen MR) is 83.3 cm³/mol. The van der Waals surface area contributed by atoms with Crippen LogP contribution in [0.15, 0.2) is 54.9 Å². The SMILES string of the molecule is N#Cc1ccc(COc2cccc(Cc3cc[nH]c3)n2)c(F)c1. The lowest BCUT2D eigenvalue weighted by Gasteiger charge is -2.08. The van der Waals surface area contributed by atoms with Crippen LogP contribution >= 0.6 is 0 Å². The number of nitrogens with one attached hydrogen (secondary N) is 1. The highest BCUT2D eigenvalue weighted by Gasteiger charge is 2.06. The van der Waals surface area contributed by atoms with E-state index < -0.39 is 5.82 Å². The fourth-order valence-corrected chi connectivity index (χ4v) is 2.20. The van der Waals surface area contributed by atoms with Crippen molar-refractivity contribution in [3.05, 3.63) is 83.1 Å². The maximum absolute atomic E-state index is 13.8. The second-order valence-corrected chi connectivity index (χ2v) is 5.07. The number of hydrogen-bond donors (Lipinski definition) is 1. The molecule has 0 atom stereocenters. The third kappa shape index (κ3) is 3.74. The third-order valence-corrected chi connectivity index (χ3v) is 3.39. The van der Waals surface area contributed by atoms with Crippen LogP contribution in [-0.4, -0.2) is 9.97 Å². The average Bonchev–Trinajstić information content (AvgIpc) is 3.07. The minimum Gasteiger partial charge on any atom is -0.473 e. The highest BCUT2D eigenvalue weighted by Crippen LogP contribution is 2.15. The van der Waals surface area contributed by atoms with E-state index in [9.17, 15) is 4.39 Å². The normalized spacial score (nSPS) is 10.3. The molecule has 2 aromatic heterocycles. The third-order valence-electron chi connectivity index (χ3n) is 3.39. The Morgan fingerprint density at radius 2 is 2.13 bits per heavy atom. The first kappa shape index (κ1) is 14.8. The Morgan fingerprint density at radius 3 is 2.87 bits per heavy atom. The van der Waals surface area contributed by atoms with Gasteiger partial charge in [0.15, 0.2) is 0 Å². The molecule has 0 spiro atoms. The number of aromatic nitrogens is 2. The summed E-state index contributed by atoms with van der Waals surface area (Å²) in [6, 6.07) is 13.7. The summed E-state index contributed by atoms with van der Waals surface area (Å²) in [6.07, 6.45) is 4.48. The monoisotopic (exact) mass is 307 g/mol. The minimum atomic E-state index is -0.451. The molecule has 114 valence electrons. The van der Waals surface area contributed by atoms with E-state index in [1.54, 1.807) is 18.2 Å². The molecule has 0 saturated heterocycles. The van der Waals surface area contributed by atoms with Crippen molar-refractivity contribution in [2.45, 2.75) is 13.0 Å². The summed E-state index contributed by atoms with van der Waals surface area (Å²) >= 11 is 0. The van der Waals surface area contributed by atoms with E-state index in [-0.39, 0.29) is 12.2 Å². The Hall–Kier alpha value is -3.13. The predicted octanol–water partition coefficient (Wildman–Crippen LogP) is 3.59. The van der Waals surface area contributed by atoms with Crippen LogP contribution in [0.3, 0.4) is 0 Å². The number of benzene rings is 1. The molecule has 0 aliphatic rings. The lowest BCUT2D eigenvalue weighted by Crippen LogP contribution is -2.01. The first-order valence-corrected chi connectivity index (χ1v) is 7.13. The topological polar surface area (TPSA) is 61.7 Å². The number of H-pyrrole nitrogens is 1. The molecular formula is C18H14FN3O. The smallest absolute Gasteiger partial charge is 0.213 e. The summed E-state index contributed by atoms with van der Waals surface area (Å²) in [5, 5.41) is 8.74. The van der Waals surface area contributed by atoms with Crippen LogP contribution in [0.1, 0.15) is 22.4 Å². The van der Waals surface area contributed by atoms with Gasteiger partial charge in [-0.2, -0.15) is 5.26 Å². The van der Waals surface area contributed by atoms with Crippen molar-refractivity contribution in [2.24, 2.45) is 0 Å². The van der Waals surface area contributed by atoms with Gasteiger partial charge >= 0.3 is 0 Å². The van der Waals surface area contributed by atoms with Crippen molar-refractivity contribution in [1.82, 2.24) is 9.97 Å². The van der Waals surface area contributed by atoms with E-state index in [0.29, 0.717) is 17.9 Å². The Bertz CT molecular complexity index is 838. The number of hydrogen-bond acceptors (Lipinski definition) is 3. The van der Waals surface area contributed by atoms with Gasteiger partial charge in [0.2, 0.25) is 5.88 Å². The number of halogens is 1. The molecule has 0 aliphatic carbocycles. The largest absolute Gasteiger partial charge is 0.473 e. The van der Waals surface area contributed by atoms with E-state index in [0.717, 1.165) is 11.3 Å². The van der Waals surface area contributed by atoms with Gasteiger partial charge in [0.25, 0.3) is 0 Å². The van der Waals surface area contributed by atoms with Crippen molar-refractivity contribution >= 4 is 0 Å². The summed E-state index contributed by atoms with van der Waals surface area (Å²) in [5.41, 5.74) is 2.69. The van der Waals surface area contributed by atoms with Crippen LogP contribution < -0.4 is 4.74 Å². The molecule has 0 amide bonds. The molecule has 3 rings (SSSR count). The number of nitrogens with zero attached hydrogens (tertiary/aromatic N) is 2. The molecule has 2 heterocycles. The zero-order chi connectivity index (χ0) is 16.1. The molecule has 0 fully saturated rings. The molecule has 0 aliphatic heterocycles. The van der Waals surface area contributed by atoms with Crippen LogP contribution in [0, 0.1) is 17.1 Å². The zero-order valence-electron chi connectivity index (χ0n) is 12.3. The lowest BCUT2D eigenvalue weighted by molar-refractivity contribution is 0.287. The van der Waals surface area contributed by atoms with Crippen molar-refractivity contribution in [1.29, 1.82) is 5.26 Å². The van der Waals surface area contributed by atoms with Gasteiger partial charge in [0.05, 0.1) is 11.6 Å². The summed E-state index contributed by atoms with van der Waals surface area (Å²) < 4.78 is 19.4. The number of rotatable bonds is 5. The summed E-state index contributed by atoms with van der Waals surface area (Å²) in [7, 11) is 0. The number of pyridine rings is 1. The lowest BCUT2D eigenvalue weighted by atomic mass is 10.1. The van der Waals surface area contributed by atoms with Gasteiger partial charge < -0.3 is 9.72 Å². The number of ether oxygens (including phenoxy) is 1. The van der Waals surface area contributed by atoms with Crippen LogP contribution in [0.2, 0.25) is 0 Å². The first-order valence-electron chi connectivity index (χ1n) is 7.13. The average molecular weight is 307 g/mol. The van der Waals surface area contributed by atoms with E-state index in [4.69, 9.17) is 10.00 Å². The van der Waals surface area contributed by atoms with E-state index >= 15 is 0 Å². The van der Waals surface area contributed by atoms with Gasteiger partial charge in [0, 0.05) is 36.1 Å². The number of nitriles is 1. The standard InChI is InChI=1S/C18H14FN3O/c19-17-9-13(10-20)4-5-15(17)12-23-18-3-1-2-16(22-18)8-14-6-7-21-11-14/h1-7,9,11,21H,8,12H2. The van der Waals surface area contributed by atoms with Gasteiger partial charge in [-0.05, 0) is 29.8 Å². The first-order chi connectivity index (χ1) is 11.2. The Kier molecular flexibility index (Phi) is 4.34. The van der Waals surface area contributed by atoms with Gasteiger partial charge in [0.1, 0.15) is 12.4 Å². The maximum Gasteiger partial charge on any atom is 0.213 e. The fraction of sp³-hybridized carbons (Fsp3) is 0.111. The Labute approximate surface area is 133 Å². The minimum absolute atomic E-state index is 0.0676. The zero-order valence-corrected chi connectivity index (χ0v) is 12.3. The van der Waals surface area contributed by atoms with Crippen molar-refractivity contribution in [3.63, 3.8) is 0 Å². The van der Waals surface area contributed by atoms with Gasteiger partial charge in [-0.25, -0.2) is 9.37 Å². The van der Waals surface area contributed by atoms with Crippen molar-refractivity contribution < 1.29 is 9.13 Å². The molecule has 1 N–H and O–H groups in total. The van der Waals surface area contributed by atoms with Crippen LogP contribution in [0.4, 0.5) is 4.39 Å². The Balaban J connectivity index is 1.68. The van der Waals surface area contributed by atoms with E-state index in [1.807, 2.05) is 36.7 Å². The molecule has 0 unspecified atom stereocenters. The molecule has 3 aromatic rings. The second-order valence-electron chi connectivity index (χ2n) is 5.07. The van der Waals surface area contributed by atoms with Crippen LogP contribution in [0.25, 0.3) is 0 Å². The molecule has 23 heavy (non-hydrogen) atoms. The van der Waals surface area contributed by atoms with Gasteiger partial charge in [-0.3, -0.25) is 0 Å². The van der Waals surface area contributed by atoms with Crippen LogP contribution in [-0.2, 0) is 13.0 Å². The highest BCUT2D eigenvalue weighted by molar-refractivity contribution is 5.33. The van der Waals surface area contributed by atoms with E-state index in [1.165, 1.54) is 6.07 Å². The maximum atomic E-state index is 13.8. The molecule has 4 nitrogen and oxygen atoms in total. The van der Waals surface area contributed by atoms with Gasteiger partial charge in [-0.1, -0.05) is 12.1 Å². The number of aromatic amines is 1. The summed E-state index contributed by atoms with van der Waals surface area (Å²) in [6.45, 7) is 0.0676. The second kappa shape index (κ2) is 6.75. The quantitative estimate of drug-likeness (QED) is 0.783. The molecular weight excluding hydrogens is 293 g/mol. The summed E-state index contributed by atoms with van der Waals surface area (Å²) in [4.78, 5) is 7.42. The van der Waals surface area contributed by atoms with Crippen molar-refractivity contribution in [3.8, 4) is 11.9 Å². The van der Waals surface area contributed by atoms with E-state index in [2.05, 4.69) is 9.97 Å². The fourth-order valence-electron chi connectivity index (χ4n) is 2.20. The van der Waals surface area contributed by atoms with Gasteiger partial charge in [-0.15, -0.1) is 0 Å². The summed E-state index contributed by atoms with van der Waals surface area (Å²) in [5.74, 6) is -0.00526. The van der Waals surface area contributed by atoms with Crippen LogP contribution in [0.5, 0.6) is 5.88 Å². The molecule has 0 bridgehead atoms. The molecule has 1 aromatic carbocycles. The molecule has 0 radical (unpaired) electrons. The molecule has 0 saturated carbocycles. The molecule has 5 heteroatoms.